The third-order valence-corrected chi connectivity index (χ3v) is 5.39. The van der Waals surface area contributed by atoms with Crippen molar-refractivity contribution in [1.29, 1.82) is 0 Å². The minimum absolute atomic E-state index is 0. The van der Waals surface area contributed by atoms with Crippen LogP contribution < -0.4 is 17.0 Å². The second kappa shape index (κ2) is 17.7. The van der Waals surface area contributed by atoms with Crippen molar-refractivity contribution in [3.05, 3.63) is 35.9 Å². The smallest absolute Gasteiger partial charge is 0.0780 e. The van der Waals surface area contributed by atoms with Crippen LogP contribution in [0.1, 0.15) is 95.5 Å². The first-order chi connectivity index (χ1) is 12.6. The number of nitrogens with zero attached hydrogens (tertiary/aromatic N) is 1. The van der Waals surface area contributed by atoms with Crippen molar-refractivity contribution in [3.63, 3.8) is 0 Å². The van der Waals surface area contributed by atoms with Crippen molar-refractivity contribution in [2.45, 2.75) is 96.3 Å². The van der Waals surface area contributed by atoms with Gasteiger partial charge >= 0.3 is 0 Å². The zero-order chi connectivity index (χ0) is 18.9. The topological polar surface area (TPSA) is 0 Å². The molecule has 158 valence electrons. The molecule has 0 unspecified atom stereocenters. The van der Waals surface area contributed by atoms with E-state index >= 15 is 0 Å². The van der Waals surface area contributed by atoms with Crippen molar-refractivity contribution in [2.24, 2.45) is 0 Å². The molecule has 0 spiro atoms. The summed E-state index contributed by atoms with van der Waals surface area (Å²) < 4.78 is 1.12. The molecule has 0 aliphatic carbocycles. The highest BCUT2D eigenvalue weighted by Gasteiger charge is 2.04. The van der Waals surface area contributed by atoms with Crippen molar-refractivity contribution < 1.29 is 21.5 Å². The predicted octanol–water partition coefficient (Wildman–Crippen LogP) is 4.40. The molecule has 2 heteroatoms. The van der Waals surface area contributed by atoms with Crippen LogP contribution in [0.5, 0.6) is 0 Å². The first kappa shape index (κ1) is 26.7. The van der Waals surface area contributed by atoms with E-state index < -0.39 is 0 Å². The second-order valence-electron chi connectivity index (χ2n) is 9.20. The molecule has 0 atom stereocenters. The van der Waals surface area contributed by atoms with E-state index in [-0.39, 0.29) is 17.0 Å². The van der Waals surface area contributed by atoms with Gasteiger partial charge in [-0.3, -0.25) is 0 Å². The molecule has 0 aliphatic heterocycles. The molecule has 0 heterocycles. The average molecular weight is 441 g/mol. The molecule has 0 aliphatic rings. The van der Waals surface area contributed by atoms with Gasteiger partial charge in [0.2, 0.25) is 0 Å². The number of quaternary nitrogens is 1. The number of halogens is 1. The fraction of sp³-hybridized carbons (Fsp3) is 0.760. The Morgan fingerprint density at radius 2 is 0.889 bits per heavy atom. The lowest BCUT2D eigenvalue weighted by Crippen LogP contribution is -3.00. The van der Waals surface area contributed by atoms with Gasteiger partial charge in [0.15, 0.2) is 0 Å². The van der Waals surface area contributed by atoms with Gasteiger partial charge in [0.1, 0.15) is 0 Å². The Bertz CT molecular complexity index is 410. The number of hydrogen-bond acceptors (Lipinski definition) is 0. The van der Waals surface area contributed by atoms with Gasteiger partial charge < -0.3 is 21.5 Å². The molecule has 0 amide bonds. The van der Waals surface area contributed by atoms with Gasteiger partial charge in [-0.25, -0.2) is 0 Å². The van der Waals surface area contributed by atoms with Crippen LogP contribution in [0.4, 0.5) is 0 Å². The van der Waals surface area contributed by atoms with E-state index in [2.05, 4.69) is 51.5 Å². The molecule has 0 bridgehead atoms. The monoisotopic (exact) mass is 439 g/mol. The molecule has 1 aromatic carbocycles. The first-order valence-electron chi connectivity index (χ1n) is 11.4. The molecular formula is C25H46BrN. The van der Waals surface area contributed by atoms with Gasteiger partial charge in [-0.15, -0.1) is 0 Å². The van der Waals surface area contributed by atoms with Crippen molar-refractivity contribution in [3.8, 4) is 0 Å². The molecule has 0 saturated heterocycles. The average Bonchev–Trinajstić information content (AvgIpc) is 2.61. The highest BCUT2D eigenvalue weighted by molar-refractivity contribution is 5.14. The SMILES string of the molecule is C[N+](C)(C)CCCCCCCCCCCCCCCCc1ccccc1.[Br-]. The van der Waals surface area contributed by atoms with Crippen LogP contribution in [0.15, 0.2) is 30.3 Å². The lowest BCUT2D eigenvalue weighted by atomic mass is 10.0. The molecule has 0 aromatic heterocycles. The molecule has 1 rings (SSSR count). The second-order valence-corrected chi connectivity index (χ2v) is 9.20. The van der Waals surface area contributed by atoms with Crippen LogP contribution in [0.3, 0.4) is 0 Å². The minimum atomic E-state index is 0. The predicted molar refractivity (Wildman–Crippen MR) is 118 cm³/mol. The van der Waals surface area contributed by atoms with Gasteiger partial charge in [0.05, 0.1) is 27.7 Å². The molecule has 1 nitrogen and oxygen atoms in total. The van der Waals surface area contributed by atoms with Crippen LogP contribution in [-0.4, -0.2) is 32.2 Å². The van der Waals surface area contributed by atoms with Gasteiger partial charge in [0.25, 0.3) is 0 Å². The van der Waals surface area contributed by atoms with Crippen LogP contribution in [0.2, 0.25) is 0 Å². The fourth-order valence-electron chi connectivity index (χ4n) is 3.68. The van der Waals surface area contributed by atoms with Gasteiger partial charge in [0, 0.05) is 0 Å². The summed E-state index contributed by atoms with van der Waals surface area (Å²) in [5.74, 6) is 0. The molecule has 0 saturated carbocycles. The zero-order valence-corrected chi connectivity index (χ0v) is 20.1. The molecule has 0 radical (unpaired) electrons. The van der Waals surface area contributed by atoms with E-state index in [0.717, 1.165) is 4.48 Å². The molecule has 1 aromatic rings. The first-order valence-corrected chi connectivity index (χ1v) is 11.4. The Kier molecular flexibility index (Phi) is 17.5. The summed E-state index contributed by atoms with van der Waals surface area (Å²) in [6.07, 6.45) is 21.4. The lowest BCUT2D eigenvalue weighted by molar-refractivity contribution is -0.870. The third-order valence-electron chi connectivity index (χ3n) is 5.39. The fourth-order valence-corrected chi connectivity index (χ4v) is 3.68. The van der Waals surface area contributed by atoms with Crippen LogP contribution in [0, 0.1) is 0 Å². The van der Waals surface area contributed by atoms with E-state index in [0.29, 0.717) is 0 Å². The standard InChI is InChI=1S/C25H46N.BrH/c1-26(2,3)24-20-15-13-11-9-7-5-4-6-8-10-12-14-17-21-25-22-18-16-19-23-25;/h16,18-19,22-23H,4-15,17,20-21,24H2,1-3H3;1H/q+1;/p-1. The maximum atomic E-state index is 2.30. The van der Waals surface area contributed by atoms with Crippen molar-refractivity contribution in [2.75, 3.05) is 27.7 Å². The van der Waals surface area contributed by atoms with Gasteiger partial charge in [-0.1, -0.05) is 101 Å². The lowest BCUT2D eigenvalue weighted by Gasteiger charge is -2.23. The number of aryl methyl sites for hydroxylation is 1. The number of unbranched alkanes of at least 4 members (excludes halogenated alkanes) is 13. The maximum Gasteiger partial charge on any atom is 0.0780 e. The number of benzene rings is 1. The Morgan fingerprint density at radius 3 is 1.30 bits per heavy atom. The highest BCUT2D eigenvalue weighted by Crippen LogP contribution is 2.14. The minimum Gasteiger partial charge on any atom is -1.00 e. The molecular weight excluding hydrogens is 394 g/mol. The van der Waals surface area contributed by atoms with Crippen LogP contribution in [-0.2, 0) is 6.42 Å². The van der Waals surface area contributed by atoms with Gasteiger partial charge in [-0.05, 0) is 31.2 Å². The molecule has 0 fully saturated rings. The number of rotatable bonds is 17. The summed E-state index contributed by atoms with van der Waals surface area (Å²) in [6, 6.07) is 10.9. The Balaban J connectivity index is 0.00000676. The summed E-state index contributed by atoms with van der Waals surface area (Å²) in [5.41, 5.74) is 1.50. The summed E-state index contributed by atoms with van der Waals surface area (Å²) in [7, 11) is 6.89. The molecule has 0 N–H and O–H groups in total. The third kappa shape index (κ3) is 18.8. The highest BCUT2D eigenvalue weighted by atomic mass is 79.9. The van der Waals surface area contributed by atoms with Crippen molar-refractivity contribution in [1.82, 2.24) is 0 Å². The van der Waals surface area contributed by atoms with Crippen LogP contribution >= 0.6 is 0 Å². The van der Waals surface area contributed by atoms with Crippen LogP contribution in [0.25, 0.3) is 0 Å². The van der Waals surface area contributed by atoms with Crippen molar-refractivity contribution >= 4 is 0 Å². The summed E-state index contributed by atoms with van der Waals surface area (Å²) in [4.78, 5) is 0. The van der Waals surface area contributed by atoms with E-state index in [4.69, 9.17) is 0 Å². The Labute approximate surface area is 181 Å². The summed E-state index contributed by atoms with van der Waals surface area (Å²) >= 11 is 0. The van der Waals surface area contributed by atoms with E-state index in [1.54, 1.807) is 0 Å². The maximum absolute atomic E-state index is 2.30. The summed E-state index contributed by atoms with van der Waals surface area (Å²) in [5, 5.41) is 0. The normalized spacial score (nSPS) is 11.4. The Morgan fingerprint density at radius 1 is 0.519 bits per heavy atom. The van der Waals surface area contributed by atoms with Gasteiger partial charge in [-0.2, -0.15) is 0 Å². The Hall–Kier alpha value is -0.340. The van der Waals surface area contributed by atoms with E-state index in [1.165, 1.54) is 108 Å². The summed E-state index contributed by atoms with van der Waals surface area (Å²) in [6.45, 7) is 1.33. The van der Waals surface area contributed by atoms with E-state index in [9.17, 15) is 0 Å². The zero-order valence-electron chi connectivity index (χ0n) is 18.5. The quantitative estimate of drug-likeness (QED) is 0.249. The van der Waals surface area contributed by atoms with E-state index in [1.807, 2.05) is 0 Å². The molecule has 27 heavy (non-hydrogen) atoms. The largest absolute Gasteiger partial charge is 1.00 e. The number of hydrogen-bond donors (Lipinski definition) is 0.